The number of rotatable bonds is 5. The highest BCUT2D eigenvalue weighted by molar-refractivity contribution is 6.27. The molecule has 0 saturated heterocycles. The minimum atomic E-state index is -0.145. The van der Waals surface area contributed by atoms with E-state index in [0.29, 0.717) is 0 Å². The summed E-state index contributed by atoms with van der Waals surface area (Å²) in [6.07, 6.45) is 0. The first-order valence-electron chi connectivity index (χ1n) is 35.6. The molecule has 472 valence electrons. The predicted octanol–water partition coefficient (Wildman–Crippen LogP) is 28.0. The Morgan fingerprint density at radius 1 is 0.200 bits per heavy atom. The summed E-state index contributed by atoms with van der Waals surface area (Å²) in [7, 11) is 0. The van der Waals surface area contributed by atoms with Gasteiger partial charge in [-0.2, -0.15) is 0 Å². The fraction of sp³-hybridized carbons (Fsp3) is 0.100. The van der Waals surface area contributed by atoms with Crippen molar-refractivity contribution in [3.05, 3.63) is 337 Å². The van der Waals surface area contributed by atoms with Gasteiger partial charge in [0, 0.05) is 10.8 Å². The number of hydrogen-bond donors (Lipinski definition) is 0. The second-order valence-corrected chi connectivity index (χ2v) is 30.7. The average Bonchev–Trinajstić information content (AvgIpc) is 1.21. The van der Waals surface area contributed by atoms with Gasteiger partial charge in [0.25, 0.3) is 0 Å². The first kappa shape index (κ1) is 58.5. The van der Waals surface area contributed by atoms with Crippen LogP contribution in [0, 0.1) is 0 Å². The van der Waals surface area contributed by atoms with Gasteiger partial charge in [0.05, 0.1) is 0 Å². The molecule has 0 amide bonds. The molecule has 19 aromatic rings. The Morgan fingerprint density at radius 2 is 0.500 bits per heavy atom. The molecule has 0 heteroatoms. The van der Waals surface area contributed by atoms with Gasteiger partial charge in [-0.3, -0.25) is 0 Å². The lowest BCUT2D eigenvalue weighted by atomic mass is 9.79. The van der Waals surface area contributed by atoms with Crippen LogP contribution in [-0.4, -0.2) is 0 Å². The zero-order valence-corrected chi connectivity index (χ0v) is 57.4. The summed E-state index contributed by atoms with van der Waals surface area (Å²) in [4.78, 5) is 0. The molecular formula is C100H72. The minimum Gasteiger partial charge on any atom is -0.0616 e. The van der Waals surface area contributed by atoms with Crippen LogP contribution < -0.4 is 0 Å². The summed E-state index contributed by atoms with van der Waals surface area (Å²) >= 11 is 0. The molecule has 0 fully saturated rings. The van der Waals surface area contributed by atoms with Crippen LogP contribution in [-0.2, 0) is 16.2 Å². The van der Waals surface area contributed by atoms with Crippen molar-refractivity contribution in [2.75, 3.05) is 0 Å². The van der Waals surface area contributed by atoms with Crippen LogP contribution in [0.4, 0.5) is 0 Å². The fourth-order valence-electron chi connectivity index (χ4n) is 18.1. The van der Waals surface area contributed by atoms with Crippen LogP contribution in [0.3, 0.4) is 0 Å². The maximum Gasteiger partial charge on any atom is 0.0159 e. The monoisotopic (exact) mass is 1270 g/mol. The molecule has 0 radical (unpaired) electrons. The Balaban J connectivity index is 0.000000152. The van der Waals surface area contributed by atoms with Crippen molar-refractivity contribution >= 4 is 108 Å². The highest BCUT2D eigenvalue weighted by Gasteiger charge is 2.38. The van der Waals surface area contributed by atoms with Crippen molar-refractivity contribution in [1.29, 1.82) is 0 Å². The molecule has 0 saturated carbocycles. The van der Waals surface area contributed by atoms with Crippen LogP contribution in [0.25, 0.3) is 186 Å². The van der Waals surface area contributed by atoms with Crippen LogP contribution in [0.15, 0.2) is 309 Å². The molecule has 0 unspecified atom stereocenters. The Bertz CT molecular complexity index is 6390. The van der Waals surface area contributed by atoms with Crippen molar-refractivity contribution in [3.63, 3.8) is 0 Å². The Morgan fingerprint density at radius 3 is 0.930 bits per heavy atom. The molecule has 0 N–H and O–H groups in total. The Labute approximate surface area is 583 Å². The summed E-state index contributed by atoms with van der Waals surface area (Å²) < 4.78 is 0. The third-order valence-electron chi connectivity index (χ3n) is 23.3. The summed E-state index contributed by atoms with van der Waals surface area (Å²) in [6.45, 7) is 16.6. The lowest BCUT2D eigenvalue weighted by molar-refractivity contribution is 0.591. The molecule has 0 aromatic heterocycles. The maximum atomic E-state index is 2.48. The Hall–Kier alpha value is -11.7. The topological polar surface area (TPSA) is 0 Å². The van der Waals surface area contributed by atoms with Crippen molar-refractivity contribution in [2.45, 2.75) is 64.7 Å². The maximum absolute atomic E-state index is 2.48. The highest BCUT2D eigenvalue weighted by atomic mass is 14.4. The van der Waals surface area contributed by atoms with E-state index in [-0.39, 0.29) is 16.2 Å². The molecule has 2 aliphatic carbocycles. The van der Waals surface area contributed by atoms with Gasteiger partial charge < -0.3 is 0 Å². The van der Waals surface area contributed by atoms with E-state index in [4.69, 9.17) is 0 Å². The van der Waals surface area contributed by atoms with E-state index in [1.807, 2.05) is 0 Å². The third-order valence-corrected chi connectivity index (χ3v) is 23.3. The largest absolute Gasteiger partial charge is 0.0616 e. The zero-order chi connectivity index (χ0) is 67.1. The van der Waals surface area contributed by atoms with Crippen molar-refractivity contribution in [1.82, 2.24) is 0 Å². The van der Waals surface area contributed by atoms with E-state index < -0.39 is 0 Å². The van der Waals surface area contributed by atoms with E-state index >= 15 is 0 Å². The molecule has 0 nitrogen and oxygen atoms in total. The quantitative estimate of drug-likeness (QED) is 0.119. The molecule has 100 heavy (non-hydrogen) atoms. The zero-order valence-electron chi connectivity index (χ0n) is 57.4. The van der Waals surface area contributed by atoms with Gasteiger partial charge in [-0.1, -0.05) is 315 Å². The van der Waals surface area contributed by atoms with Gasteiger partial charge in [0.15, 0.2) is 0 Å². The average molecular weight is 1270 g/mol. The van der Waals surface area contributed by atoms with E-state index in [2.05, 4.69) is 358 Å². The van der Waals surface area contributed by atoms with Gasteiger partial charge in [-0.25, -0.2) is 0 Å². The first-order chi connectivity index (χ1) is 48.7. The summed E-state index contributed by atoms with van der Waals surface area (Å²) in [6, 6.07) is 117. The molecule has 0 spiro atoms. The normalized spacial score (nSPS) is 13.7. The minimum absolute atomic E-state index is 0.0591. The molecule has 21 rings (SSSR count). The third kappa shape index (κ3) is 8.72. The molecule has 0 bridgehead atoms. The van der Waals surface area contributed by atoms with Gasteiger partial charge in [-0.05, 0) is 261 Å². The molecule has 0 aliphatic heterocycles. The van der Waals surface area contributed by atoms with E-state index in [9.17, 15) is 0 Å². The molecule has 0 heterocycles. The van der Waals surface area contributed by atoms with Crippen LogP contribution in [0.5, 0.6) is 0 Å². The molecular weight excluding hydrogens is 1200 g/mol. The lowest BCUT2D eigenvalue weighted by Crippen LogP contribution is -2.15. The SMILES string of the molecule is CC(C)(C)c1ccc2c(-c3ccc4ccccc4c3)c3ccccc3c(-c3ccc4ccccc4c3)c2c1.CC1(C)c2cc(-c3ccc4c(c3)C(C)(C)c3cc(-c5ccc6ccc7cccc8ccc5c6c78)ccc3-4)ccc2-c2ccc(-c3ccc4ccc5cccc6ccc3c4c56)cc21. The van der Waals surface area contributed by atoms with Crippen molar-refractivity contribution < 1.29 is 0 Å². The van der Waals surface area contributed by atoms with Crippen molar-refractivity contribution in [3.8, 4) is 77.9 Å². The molecule has 0 atom stereocenters. The van der Waals surface area contributed by atoms with Gasteiger partial charge >= 0.3 is 0 Å². The second kappa shape index (κ2) is 21.4. The van der Waals surface area contributed by atoms with Crippen LogP contribution >= 0.6 is 0 Å². The van der Waals surface area contributed by atoms with E-state index in [1.54, 1.807) is 0 Å². The van der Waals surface area contributed by atoms with E-state index in [0.717, 1.165) is 0 Å². The fourth-order valence-corrected chi connectivity index (χ4v) is 18.1. The van der Waals surface area contributed by atoms with Crippen LogP contribution in [0.2, 0.25) is 0 Å². The van der Waals surface area contributed by atoms with E-state index in [1.165, 1.54) is 213 Å². The number of fused-ring (bicyclic) bond motifs is 10. The van der Waals surface area contributed by atoms with Gasteiger partial charge in [0.2, 0.25) is 0 Å². The summed E-state index contributed by atoms with van der Waals surface area (Å²) in [5, 5.41) is 26.3. The van der Waals surface area contributed by atoms with Crippen molar-refractivity contribution in [2.24, 2.45) is 0 Å². The van der Waals surface area contributed by atoms with Gasteiger partial charge in [0.1, 0.15) is 0 Å². The van der Waals surface area contributed by atoms with Gasteiger partial charge in [-0.15, -0.1) is 0 Å². The standard InChI is InChI=1S/C62H42.C38H30/c1-61(2)53-31-41(19-25-47(53)49-27-21-43(33-55(49)61)45-23-15-39-13-11-35-7-5-9-37-17-29-51(45)59(39)57(35)37)42-20-26-48-50-28-22-44(34-56(50)62(3,4)54(48)32-42)46-24-16-40-14-12-36-8-6-10-38-18-30-52(46)60(40)58(36)38;1-38(2,3)31-20-21-34-35(24-31)37(30-19-17-26-11-5-7-13-28(26)23-30)33-15-9-8-14-32(33)36(34)29-18-16-25-10-4-6-12-27(25)22-29/h5-34H,1-4H3;4-24H,1-3H3. The second-order valence-electron chi connectivity index (χ2n) is 30.7. The molecule has 19 aromatic carbocycles. The Kier molecular flexibility index (Phi) is 12.5. The summed E-state index contributed by atoms with van der Waals surface area (Å²) in [5.41, 5.74) is 25.0. The lowest BCUT2D eigenvalue weighted by Gasteiger charge is -2.24. The number of benzene rings is 19. The summed E-state index contributed by atoms with van der Waals surface area (Å²) in [5.74, 6) is 0. The first-order valence-corrected chi connectivity index (χ1v) is 35.6. The smallest absolute Gasteiger partial charge is 0.0159 e. The predicted molar refractivity (Wildman–Crippen MR) is 431 cm³/mol. The molecule has 2 aliphatic rings. The number of hydrogen-bond acceptors (Lipinski definition) is 0. The highest BCUT2D eigenvalue weighted by Crippen LogP contribution is 2.55. The van der Waals surface area contributed by atoms with Crippen LogP contribution in [0.1, 0.15) is 76.3 Å².